The molecule has 0 aromatic rings. The van der Waals surface area contributed by atoms with Crippen LogP contribution in [0.3, 0.4) is 0 Å². The van der Waals surface area contributed by atoms with Crippen LogP contribution in [-0.4, -0.2) is 17.8 Å². The number of nitrogens with two attached hydrogens (primary N) is 1. The maximum absolute atomic E-state index is 8.83. The van der Waals surface area contributed by atoms with Crippen molar-refractivity contribution in [2.24, 2.45) is 5.73 Å². The van der Waals surface area contributed by atoms with E-state index in [2.05, 4.69) is 0 Å². The van der Waals surface area contributed by atoms with E-state index in [1.807, 2.05) is 13.8 Å². The smallest absolute Gasteiger partial charge is 0.0845 e. The van der Waals surface area contributed by atoms with Gasteiger partial charge in [-0.05, 0) is 13.8 Å². The van der Waals surface area contributed by atoms with Crippen LogP contribution in [0.15, 0.2) is 11.6 Å². The van der Waals surface area contributed by atoms with Crippen molar-refractivity contribution in [3.8, 4) is 0 Å². The largest absolute Gasteiger partial charge is 0.388 e. The highest BCUT2D eigenvalue weighted by molar-refractivity contribution is 4.97. The zero-order valence-electron chi connectivity index (χ0n) is 5.39. The average Bonchev–Trinajstić information content (AvgIpc) is 1.65. The Morgan fingerprint density at radius 1 is 1.75 bits per heavy atom. The molecule has 0 saturated carbocycles. The van der Waals surface area contributed by atoms with Crippen molar-refractivity contribution in [1.29, 1.82) is 0 Å². The Kier molecular flexibility index (Phi) is 3.48. The minimum atomic E-state index is -0.458. The van der Waals surface area contributed by atoms with Crippen LogP contribution in [-0.2, 0) is 0 Å². The lowest BCUT2D eigenvalue weighted by molar-refractivity contribution is 0.230. The zero-order chi connectivity index (χ0) is 6.57. The summed E-state index contributed by atoms with van der Waals surface area (Å²) >= 11 is 0. The van der Waals surface area contributed by atoms with Gasteiger partial charge in [0.25, 0.3) is 0 Å². The molecule has 2 heteroatoms. The third-order valence-electron chi connectivity index (χ3n) is 0.767. The highest BCUT2D eigenvalue weighted by Crippen LogP contribution is 1.90. The molecule has 0 rings (SSSR count). The first kappa shape index (κ1) is 7.66. The van der Waals surface area contributed by atoms with E-state index < -0.39 is 6.10 Å². The normalized spacial score (nSPS) is 13.0. The maximum atomic E-state index is 8.83. The molecule has 0 spiro atoms. The van der Waals surface area contributed by atoms with Gasteiger partial charge < -0.3 is 10.8 Å². The first-order valence-electron chi connectivity index (χ1n) is 2.70. The number of hydrogen-bond donors (Lipinski definition) is 2. The lowest BCUT2D eigenvalue weighted by Gasteiger charge is -1.99. The number of rotatable bonds is 2. The van der Waals surface area contributed by atoms with Crippen LogP contribution >= 0.6 is 0 Å². The SMILES string of the molecule is CC(C)=CC(O)CN. The first-order chi connectivity index (χ1) is 3.66. The van der Waals surface area contributed by atoms with Gasteiger partial charge in [-0.1, -0.05) is 11.6 Å². The van der Waals surface area contributed by atoms with E-state index in [1.54, 1.807) is 6.08 Å². The molecule has 0 aliphatic heterocycles. The van der Waals surface area contributed by atoms with Crippen LogP contribution in [0.1, 0.15) is 13.8 Å². The summed E-state index contributed by atoms with van der Waals surface area (Å²) < 4.78 is 0. The molecule has 48 valence electrons. The summed E-state index contributed by atoms with van der Waals surface area (Å²) in [4.78, 5) is 0. The van der Waals surface area contributed by atoms with E-state index in [-0.39, 0.29) is 0 Å². The van der Waals surface area contributed by atoms with E-state index in [0.717, 1.165) is 5.57 Å². The topological polar surface area (TPSA) is 46.2 Å². The minimum Gasteiger partial charge on any atom is -0.388 e. The number of aliphatic hydroxyl groups excluding tert-OH is 1. The molecule has 2 nitrogen and oxygen atoms in total. The van der Waals surface area contributed by atoms with Crippen LogP contribution in [0.5, 0.6) is 0 Å². The van der Waals surface area contributed by atoms with Crippen molar-refractivity contribution in [1.82, 2.24) is 0 Å². The van der Waals surface area contributed by atoms with Gasteiger partial charge >= 0.3 is 0 Å². The van der Waals surface area contributed by atoms with E-state index in [9.17, 15) is 0 Å². The van der Waals surface area contributed by atoms with Gasteiger partial charge in [-0.3, -0.25) is 0 Å². The number of hydrogen-bond acceptors (Lipinski definition) is 2. The van der Waals surface area contributed by atoms with Gasteiger partial charge in [0.15, 0.2) is 0 Å². The van der Waals surface area contributed by atoms with Gasteiger partial charge in [0.2, 0.25) is 0 Å². The van der Waals surface area contributed by atoms with E-state index in [0.29, 0.717) is 6.54 Å². The Balaban J connectivity index is 3.51. The van der Waals surface area contributed by atoms with E-state index >= 15 is 0 Å². The van der Waals surface area contributed by atoms with Gasteiger partial charge in [-0.25, -0.2) is 0 Å². The van der Waals surface area contributed by atoms with Crippen molar-refractivity contribution < 1.29 is 5.11 Å². The summed E-state index contributed by atoms with van der Waals surface area (Å²) in [6, 6.07) is 0. The Morgan fingerprint density at radius 2 is 2.25 bits per heavy atom. The fourth-order valence-electron chi connectivity index (χ4n) is 0.453. The molecule has 8 heavy (non-hydrogen) atoms. The number of allylic oxidation sites excluding steroid dienone is 1. The maximum Gasteiger partial charge on any atom is 0.0845 e. The Labute approximate surface area is 50.0 Å². The van der Waals surface area contributed by atoms with Crippen molar-refractivity contribution >= 4 is 0 Å². The zero-order valence-corrected chi connectivity index (χ0v) is 5.39. The van der Waals surface area contributed by atoms with Crippen molar-refractivity contribution in [2.75, 3.05) is 6.54 Å². The molecule has 1 unspecified atom stereocenters. The lowest BCUT2D eigenvalue weighted by Crippen LogP contribution is -2.16. The van der Waals surface area contributed by atoms with Gasteiger partial charge in [0.1, 0.15) is 0 Å². The molecule has 0 aliphatic carbocycles. The lowest BCUT2D eigenvalue weighted by atomic mass is 10.2. The third kappa shape index (κ3) is 3.84. The van der Waals surface area contributed by atoms with Gasteiger partial charge in [-0.15, -0.1) is 0 Å². The summed E-state index contributed by atoms with van der Waals surface area (Å²) in [7, 11) is 0. The minimum absolute atomic E-state index is 0.311. The molecule has 0 bridgehead atoms. The molecular weight excluding hydrogens is 102 g/mol. The quantitative estimate of drug-likeness (QED) is 0.507. The third-order valence-corrected chi connectivity index (χ3v) is 0.767. The van der Waals surface area contributed by atoms with Crippen molar-refractivity contribution in [2.45, 2.75) is 20.0 Å². The monoisotopic (exact) mass is 115 g/mol. The first-order valence-corrected chi connectivity index (χ1v) is 2.70. The van der Waals surface area contributed by atoms with Crippen LogP contribution in [0.2, 0.25) is 0 Å². The average molecular weight is 115 g/mol. The highest BCUT2D eigenvalue weighted by atomic mass is 16.3. The van der Waals surface area contributed by atoms with Crippen LogP contribution in [0.4, 0.5) is 0 Å². The summed E-state index contributed by atoms with van der Waals surface area (Å²) in [5, 5.41) is 8.83. The molecule has 0 amide bonds. The fraction of sp³-hybridized carbons (Fsp3) is 0.667. The van der Waals surface area contributed by atoms with Gasteiger partial charge in [0.05, 0.1) is 6.10 Å². The van der Waals surface area contributed by atoms with Crippen molar-refractivity contribution in [3.05, 3.63) is 11.6 Å². The molecule has 3 N–H and O–H groups in total. The second-order valence-corrected chi connectivity index (χ2v) is 2.05. The molecule has 0 aromatic heterocycles. The van der Waals surface area contributed by atoms with E-state index in [1.165, 1.54) is 0 Å². The predicted octanol–water partition coefficient (Wildman–Crippen LogP) is 0.272. The Hall–Kier alpha value is -0.340. The molecule has 0 saturated heterocycles. The standard InChI is InChI=1S/C6H13NO/c1-5(2)3-6(8)4-7/h3,6,8H,4,7H2,1-2H3. The molecule has 0 heterocycles. The number of aliphatic hydroxyl groups is 1. The highest BCUT2D eigenvalue weighted by Gasteiger charge is 1.91. The van der Waals surface area contributed by atoms with Gasteiger partial charge in [0, 0.05) is 6.54 Å². The van der Waals surface area contributed by atoms with E-state index in [4.69, 9.17) is 10.8 Å². The Bertz CT molecular complexity index is 84.5. The van der Waals surface area contributed by atoms with Crippen LogP contribution in [0.25, 0.3) is 0 Å². The summed E-state index contributed by atoms with van der Waals surface area (Å²) in [5.41, 5.74) is 6.23. The summed E-state index contributed by atoms with van der Waals surface area (Å²) in [6.07, 6.45) is 1.28. The summed E-state index contributed by atoms with van der Waals surface area (Å²) in [5.74, 6) is 0. The molecule has 1 atom stereocenters. The van der Waals surface area contributed by atoms with Crippen LogP contribution in [0, 0.1) is 0 Å². The van der Waals surface area contributed by atoms with Gasteiger partial charge in [-0.2, -0.15) is 0 Å². The molecule has 0 fully saturated rings. The second kappa shape index (κ2) is 3.64. The summed E-state index contributed by atoms with van der Waals surface area (Å²) in [6.45, 7) is 4.17. The van der Waals surface area contributed by atoms with Crippen LogP contribution < -0.4 is 5.73 Å². The predicted molar refractivity (Wildman–Crippen MR) is 34.5 cm³/mol. The fourth-order valence-corrected chi connectivity index (χ4v) is 0.453. The molecule has 0 radical (unpaired) electrons. The molecule has 0 aliphatic rings. The molecular formula is C6H13NO. The molecule has 0 aromatic carbocycles. The Morgan fingerprint density at radius 3 is 2.38 bits per heavy atom. The second-order valence-electron chi connectivity index (χ2n) is 2.05. The van der Waals surface area contributed by atoms with Crippen molar-refractivity contribution in [3.63, 3.8) is 0 Å².